The molecule has 4 aromatic rings. The number of fused-ring (bicyclic) bond motifs is 2. The predicted molar refractivity (Wildman–Crippen MR) is 150 cm³/mol. The van der Waals surface area contributed by atoms with Crippen LogP contribution >= 0.6 is 11.6 Å². The standard InChI is InChI=1S/C30H26ClFN2O5S/c1-3-39-30(36)24-16-34(21-8-9-21)28-23(29(24)35)13-25(32)26(27(28)31)18-6-7-19-14-33(15-20(19)12-18)40(37,38)22-10-4-17(2)5-11-22/h4-7,10-13,16,21H,3,8-9,14-15H2,1-2H3. The number of ether oxygens (including phenoxy) is 1. The van der Waals surface area contributed by atoms with Gasteiger partial charge in [-0.05, 0) is 67.6 Å². The van der Waals surface area contributed by atoms with Crippen LogP contribution in [0.25, 0.3) is 22.0 Å². The average Bonchev–Trinajstić information content (AvgIpc) is 3.67. The Morgan fingerprint density at radius 3 is 2.45 bits per heavy atom. The van der Waals surface area contributed by atoms with Gasteiger partial charge < -0.3 is 9.30 Å². The molecule has 40 heavy (non-hydrogen) atoms. The quantitative estimate of drug-likeness (QED) is 0.262. The number of halogens is 2. The van der Waals surface area contributed by atoms with Gasteiger partial charge in [-0.3, -0.25) is 4.79 Å². The Morgan fingerprint density at radius 1 is 1.07 bits per heavy atom. The van der Waals surface area contributed by atoms with Gasteiger partial charge in [0.2, 0.25) is 15.5 Å². The molecule has 0 atom stereocenters. The molecule has 1 fully saturated rings. The number of esters is 1. The number of hydrogen-bond acceptors (Lipinski definition) is 5. The lowest BCUT2D eigenvalue weighted by atomic mass is 9.98. The lowest BCUT2D eigenvalue weighted by Gasteiger charge is -2.17. The number of hydrogen-bond donors (Lipinski definition) is 0. The zero-order valence-corrected chi connectivity index (χ0v) is 23.5. The van der Waals surface area contributed by atoms with Crippen molar-refractivity contribution in [1.82, 2.24) is 8.87 Å². The van der Waals surface area contributed by atoms with Gasteiger partial charge in [0.15, 0.2) is 0 Å². The Hall–Kier alpha value is -3.53. The number of rotatable bonds is 6. The first-order valence-electron chi connectivity index (χ1n) is 13.0. The number of nitrogens with zero attached hydrogens (tertiary/aromatic N) is 2. The molecular weight excluding hydrogens is 555 g/mol. The third kappa shape index (κ3) is 4.42. The largest absolute Gasteiger partial charge is 0.462 e. The molecule has 0 bridgehead atoms. The summed E-state index contributed by atoms with van der Waals surface area (Å²) >= 11 is 6.85. The van der Waals surface area contributed by atoms with Crippen LogP contribution in [0, 0.1) is 12.7 Å². The molecule has 6 rings (SSSR count). The minimum Gasteiger partial charge on any atom is -0.462 e. The van der Waals surface area contributed by atoms with Crippen LogP contribution in [0.3, 0.4) is 0 Å². The van der Waals surface area contributed by atoms with E-state index >= 15 is 4.39 Å². The Morgan fingerprint density at radius 2 is 1.77 bits per heavy atom. The van der Waals surface area contributed by atoms with Gasteiger partial charge in [-0.2, -0.15) is 4.31 Å². The molecule has 10 heteroatoms. The first kappa shape index (κ1) is 26.7. The van der Waals surface area contributed by atoms with E-state index in [1.54, 1.807) is 54.0 Å². The fourth-order valence-corrected chi connectivity index (χ4v) is 7.04. The van der Waals surface area contributed by atoms with E-state index in [0.717, 1.165) is 35.6 Å². The van der Waals surface area contributed by atoms with Crippen molar-refractivity contribution < 1.29 is 22.3 Å². The summed E-state index contributed by atoms with van der Waals surface area (Å²) in [5.74, 6) is -1.46. The molecule has 0 unspecified atom stereocenters. The zero-order valence-electron chi connectivity index (χ0n) is 21.9. The molecule has 1 saturated carbocycles. The van der Waals surface area contributed by atoms with Crippen LogP contribution in [0.4, 0.5) is 4.39 Å². The molecule has 3 aromatic carbocycles. The molecule has 7 nitrogen and oxygen atoms in total. The molecule has 0 N–H and O–H groups in total. The van der Waals surface area contributed by atoms with Crippen molar-refractivity contribution in [2.45, 2.75) is 50.7 Å². The van der Waals surface area contributed by atoms with E-state index in [2.05, 4.69) is 0 Å². The van der Waals surface area contributed by atoms with Gasteiger partial charge in [0, 0.05) is 30.9 Å². The van der Waals surface area contributed by atoms with E-state index in [9.17, 15) is 18.0 Å². The molecular formula is C30H26ClFN2O5S. The molecule has 1 aliphatic carbocycles. The molecule has 1 aliphatic heterocycles. The molecule has 206 valence electrons. The van der Waals surface area contributed by atoms with Gasteiger partial charge in [-0.1, -0.05) is 41.4 Å². The summed E-state index contributed by atoms with van der Waals surface area (Å²) in [4.78, 5) is 25.9. The number of pyridine rings is 1. The number of aromatic nitrogens is 1. The predicted octanol–water partition coefficient (Wildman–Crippen LogP) is 5.99. The van der Waals surface area contributed by atoms with Gasteiger partial charge >= 0.3 is 5.97 Å². The van der Waals surface area contributed by atoms with Crippen LogP contribution < -0.4 is 5.43 Å². The lowest BCUT2D eigenvalue weighted by Crippen LogP contribution is -2.25. The van der Waals surface area contributed by atoms with Crippen LogP contribution in [0.2, 0.25) is 5.02 Å². The molecule has 0 radical (unpaired) electrons. The second-order valence-corrected chi connectivity index (χ2v) is 12.6. The van der Waals surface area contributed by atoms with Gasteiger partial charge in [0.1, 0.15) is 11.4 Å². The second kappa shape index (κ2) is 9.83. The van der Waals surface area contributed by atoms with Crippen molar-refractivity contribution in [1.29, 1.82) is 0 Å². The summed E-state index contributed by atoms with van der Waals surface area (Å²) in [5.41, 5.74) is 2.71. The Labute approximate surface area is 235 Å². The first-order chi connectivity index (χ1) is 19.1. The summed E-state index contributed by atoms with van der Waals surface area (Å²) in [6.07, 6.45) is 3.14. The normalized spacial score (nSPS) is 15.4. The fourth-order valence-electron chi connectivity index (χ4n) is 5.25. The van der Waals surface area contributed by atoms with Crippen LogP contribution in [0.15, 0.2) is 64.4 Å². The summed E-state index contributed by atoms with van der Waals surface area (Å²) in [7, 11) is -3.72. The summed E-state index contributed by atoms with van der Waals surface area (Å²) in [5, 5.41) is 0.0803. The maximum atomic E-state index is 15.7. The van der Waals surface area contributed by atoms with Crippen molar-refractivity contribution in [3.05, 3.63) is 98.0 Å². The van der Waals surface area contributed by atoms with Crippen molar-refractivity contribution in [3.63, 3.8) is 0 Å². The van der Waals surface area contributed by atoms with Crippen molar-refractivity contribution in [3.8, 4) is 11.1 Å². The number of carbonyl (C=O) groups excluding carboxylic acids is 1. The highest BCUT2D eigenvalue weighted by Crippen LogP contribution is 2.43. The lowest BCUT2D eigenvalue weighted by molar-refractivity contribution is 0.0524. The van der Waals surface area contributed by atoms with Crippen LogP contribution in [0.1, 0.15) is 52.9 Å². The van der Waals surface area contributed by atoms with Gasteiger partial charge in [-0.25, -0.2) is 17.6 Å². The van der Waals surface area contributed by atoms with E-state index in [1.165, 1.54) is 10.5 Å². The molecule has 2 aliphatic rings. The minimum absolute atomic E-state index is 0.0141. The van der Waals surface area contributed by atoms with E-state index in [-0.39, 0.29) is 52.2 Å². The van der Waals surface area contributed by atoms with Crippen molar-refractivity contribution in [2.75, 3.05) is 6.61 Å². The van der Waals surface area contributed by atoms with Gasteiger partial charge in [0.05, 0.1) is 27.4 Å². The fraction of sp³-hybridized carbons (Fsp3) is 0.267. The average molecular weight is 581 g/mol. The van der Waals surface area contributed by atoms with E-state index < -0.39 is 27.2 Å². The Balaban J connectivity index is 1.43. The summed E-state index contributed by atoms with van der Waals surface area (Å²) < 4.78 is 50.4. The Bertz CT molecular complexity index is 1860. The summed E-state index contributed by atoms with van der Waals surface area (Å²) in [6, 6.07) is 13.1. The number of carbonyl (C=O) groups is 1. The van der Waals surface area contributed by atoms with Crippen molar-refractivity contribution >= 4 is 38.5 Å². The molecule has 0 saturated heterocycles. The Kier molecular flexibility index (Phi) is 6.56. The first-order valence-corrected chi connectivity index (χ1v) is 14.8. The van der Waals surface area contributed by atoms with Crippen molar-refractivity contribution in [2.24, 2.45) is 0 Å². The number of aryl methyl sites for hydroxylation is 1. The van der Waals surface area contributed by atoms with E-state index in [0.29, 0.717) is 11.1 Å². The monoisotopic (exact) mass is 580 g/mol. The topological polar surface area (TPSA) is 85.7 Å². The van der Waals surface area contributed by atoms with E-state index in [4.69, 9.17) is 16.3 Å². The molecule has 2 heterocycles. The third-order valence-corrected chi connectivity index (χ3v) is 9.66. The maximum absolute atomic E-state index is 15.7. The van der Waals surface area contributed by atoms with Gasteiger partial charge in [-0.15, -0.1) is 0 Å². The maximum Gasteiger partial charge on any atom is 0.343 e. The zero-order chi connectivity index (χ0) is 28.3. The number of benzene rings is 3. The highest BCUT2D eigenvalue weighted by atomic mass is 35.5. The smallest absolute Gasteiger partial charge is 0.343 e. The third-order valence-electron chi connectivity index (χ3n) is 7.49. The number of sulfonamides is 1. The van der Waals surface area contributed by atoms with Crippen LogP contribution in [0.5, 0.6) is 0 Å². The van der Waals surface area contributed by atoms with E-state index in [1.807, 2.05) is 6.92 Å². The second-order valence-electron chi connectivity index (χ2n) is 10.2. The van der Waals surface area contributed by atoms with Gasteiger partial charge in [0.25, 0.3) is 0 Å². The van der Waals surface area contributed by atoms with Crippen LogP contribution in [-0.2, 0) is 27.8 Å². The molecule has 0 spiro atoms. The summed E-state index contributed by atoms with van der Waals surface area (Å²) in [6.45, 7) is 3.99. The SMILES string of the molecule is CCOC(=O)c1cn(C2CC2)c2c(Cl)c(-c3ccc4c(c3)CN(S(=O)(=O)c3ccc(C)cc3)C4)c(F)cc2c1=O. The molecule has 1 aromatic heterocycles. The van der Waals surface area contributed by atoms with Crippen LogP contribution in [-0.4, -0.2) is 29.9 Å². The highest BCUT2D eigenvalue weighted by Gasteiger charge is 2.32. The molecule has 0 amide bonds. The minimum atomic E-state index is -3.72. The highest BCUT2D eigenvalue weighted by molar-refractivity contribution is 7.89.